The number of benzene rings is 1. The van der Waals surface area contributed by atoms with Gasteiger partial charge in [-0.1, -0.05) is 37.2 Å². The maximum atomic E-state index is 12.2. The minimum Gasteiger partial charge on any atom is -0.495 e. The minimum atomic E-state index is -0.200. The van der Waals surface area contributed by atoms with Gasteiger partial charge in [0.05, 0.1) is 18.6 Å². The lowest BCUT2D eigenvalue weighted by Gasteiger charge is -2.12. The standard InChI is InChI=1S/C15H20ClN5O2S/c1-8(2)14-19-20-15(21(14)17)24-7-13(22)18-11-5-9(3)10(16)6-12(11)23-4/h5-6,8H,7,17H2,1-4H3,(H,18,22). The van der Waals surface area contributed by atoms with E-state index in [0.717, 1.165) is 5.56 Å². The molecule has 0 saturated carbocycles. The fourth-order valence-electron chi connectivity index (χ4n) is 2.03. The van der Waals surface area contributed by atoms with Gasteiger partial charge in [-0.15, -0.1) is 10.2 Å². The smallest absolute Gasteiger partial charge is 0.234 e. The number of carbonyl (C=O) groups is 1. The fraction of sp³-hybridized carbons (Fsp3) is 0.400. The number of methoxy groups -OCH3 is 1. The van der Waals surface area contributed by atoms with Crippen molar-refractivity contribution in [1.82, 2.24) is 14.9 Å². The molecule has 0 bridgehead atoms. The van der Waals surface area contributed by atoms with Gasteiger partial charge in [0.1, 0.15) is 5.75 Å². The lowest BCUT2D eigenvalue weighted by atomic mass is 10.2. The van der Waals surface area contributed by atoms with Crippen LogP contribution in [0.1, 0.15) is 31.2 Å². The molecule has 0 saturated heterocycles. The summed E-state index contributed by atoms with van der Waals surface area (Å²) in [6, 6.07) is 3.44. The Morgan fingerprint density at radius 3 is 2.75 bits per heavy atom. The van der Waals surface area contributed by atoms with Crippen molar-refractivity contribution in [3.63, 3.8) is 0 Å². The number of amides is 1. The zero-order valence-corrected chi connectivity index (χ0v) is 15.5. The quantitative estimate of drug-likeness (QED) is 0.600. The molecule has 0 aliphatic heterocycles. The van der Waals surface area contributed by atoms with Gasteiger partial charge in [0.15, 0.2) is 5.82 Å². The molecule has 3 N–H and O–H groups in total. The first-order valence-electron chi connectivity index (χ1n) is 7.30. The topological polar surface area (TPSA) is 95.1 Å². The van der Waals surface area contributed by atoms with Crippen LogP contribution in [0.2, 0.25) is 5.02 Å². The molecule has 0 atom stereocenters. The second kappa shape index (κ2) is 7.76. The summed E-state index contributed by atoms with van der Waals surface area (Å²) in [5.41, 5.74) is 1.42. The molecule has 2 aromatic rings. The molecule has 2 rings (SSSR count). The number of anilines is 1. The molecule has 0 spiro atoms. The molecule has 24 heavy (non-hydrogen) atoms. The molecular weight excluding hydrogens is 350 g/mol. The van der Waals surface area contributed by atoms with Crippen LogP contribution in [0.25, 0.3) is 0 Å². The van der Waals surface area contributed by atoms with E-state index in [2.05, 4.69) is 15.5 Å². The molecule has 1 heterocycles. The Balaban J connectivity index is 2.03. The summed E-state index contributed by atoms with van der Waals surface area (Å²) in [5.74, 6) is 7.22. The Morgan fingerprint density at radius 1 is 1.46 bits per heavy atom. The number of nitrogen functional groups attached to an aromatic ring is 1. The van der Waals surface area contributed by atoms with E-state index in [1.54, 1.807) is 12.1 Å². The highest BCUT2D eigenvalue weighted by molar-refractivity contribution is 7.99. The molecule has 0 fully saturated rings. The Labute approximate surface area is 149 Å². The van der Waals surface area contributed by atoms with Gasteiger partial charge in [0, 0.05) is 17.0 Å². The van der Waals surface area contributed by atoms with Gasteiger partial charge >= 0.3 is 0 Å². The van der Waals surface area contributed by atoms with Crippen LogP contribution in [0.4, 0.5) is 5.69 Å². The number of ether oxygens (including phenoxy) is 1. The predicted octanol–water partition coefficient (Wildman–Crippen LogP) is 2.82. The number of halogens is 1. The van der Waals surface area contributed by atoms with Crippen molar-refractivity contribution in [3.05, 3.63) is 28.5 Å². The number of carbonyl (C=O) groups excluding carboxylic acids is 1. The van der Waals surface area contributed by atoms with Crippen LogP contribution in [0, 0.1) is 6.92 Å². The van der Waals surface area contributed by atoms with Crippen LogP contribution in [-0.4, -0.2) is 33.6 Å². The number of nitrogens with two attached hydrogens (primary N) is 1. The minimum absolute atomic E-state index is 0.151. The van der Waals surface area contributed by atoms with Crippen LogP contribution < -0.4 is 15.9 Å². The number of aryl methyl sites for hydroxylation is 1. The van der Waals surface area contributed by atoms with Crippen molar-refractivity contribution in [3.8, 4) is 5.75 Å². The molecule has 1 amide bonds. The van der Waals surface area contributed by atoms with Gasteiger partial charge in [-0.05, 0) is 18.6 Å². The third-order valence-electron chi connectivity index (χ3n) is 3.29. The number of hydrogen-bond donors (Lipinski definition) is 2. The fourth-order valence-corrected chi connectivity index (χ4v) is 2.84. The van der Waals surface area contributed by atoms with Gasteiger partial charge in [-0.3, -0.25) is 4.79 Å². The van der Waals surface area contributed by atoms with Crippen molar-refractivity contribution in [2.45, 2.75) is 31.8 Å². The highest BCUT2D eigenvalue weighted by atomic mass is 35.5. The second-order valence-electron chi connectivity index (χ2n) is 5.50. The Bertz CT molecular complexity index is 748. The number of thioether (sulfide) groups is 1. The average molecular weight is 370 g/mol. The maximum absolute atomic E-state index is 12.2. The van der Waals surface area contributed by atoms with Crippen LogP contribution in [0.15, 0.2) is 17.3 Å². The lowest BCUT2D eigenvalue weighted by Crippen LogP contribution is -2.18. The zero-order valence-electron chi connectivity index (χ0n) is 14.0. The second-order valence-corrected chi connectivity index (χ2v) is 6.85. The molecular formula is C15H20ClN5O2S. The van der Waals surface area contributed by atoms with Gasteiger partial charge in [-0.2, -0.15) is 0 Å². The summed E-state index contributed by atoms with van der Waals surface area (Å²) >= 11 is 7.28. The molecule has 0 aliphatic rings. The van der Waals surface area contributed by atoms with E-state index in [9.17, 15) is 4.79 Å². The van der Waals surface area contributed by atoms with Gasteiger partial charge in [-0.25, -0.2) is 4.68 Å². The summed E-state index contributed by atoms with van der Waals surface area (Å²) in [7, 11) is 1.52. The van der Waals surface area contributed by atoms with Crippen LogP contribution >= 0.6 is 23.4 Å². The number of hydrogen-bond acceptors (Lipinski definition) is 6. The van der Waals surface area contributed by atoms with E-state index >= 15 is 0 Å². The van der Waals surface area contributed by atoms with Gasteiger partial charge < -0.3 is 15.9 Å². The van der Waals surface area contributed by atoms with Crippen molar-refractivity contribution in [2.75, 3.05) is 24.0 Å². The number of aromatic nitrogens is 3. The maximum Gasteiger partial charge on any atom is 0.234 e. The molecule has 9 heteroatoms. The van der Waals surface area contributed by atoms with Crippen LogP contribution in [0.3, 0.4) is 0 Å². The van der Waals surface area contributed by atoms with Gasteiger partial charge in [0.2, 0.25) is 11.1 Å². The molecule has 0 unspecified atom stereocenters. The summed E-state index contributed by atoms with van der Waals surface area (Å²) in [5, 5.41) is 11.9. The van der Waals surface area contributed by atoms with Crippen molar-refractivity contribution in [2.24, 2.45) is 0 Å². The molecule has 7 nitrogen and oxygen atoms in total. The Morgan fingerprint density at radius 2 is 2.17 bits per heavy atom. The van der Waals surface area contributed by atoms with E-state index in [1.165, 1.54) is 23.5 Å². The number of rotatable bonds is 6. The van der Waals surface area contributed by atoms with Crippen molar-refractivity contribution >= 4 is 35.0 Å². The van der Waals surface area contributed by atoms with Gasteiger partial charge in [0.25, 0.3) is 0 Å². The van der Waals surface area contributed by atoms with Crippen molar-refractivity contribution in [1.29, 1.82) is 0 Å². The molecule has 1 aromatic heterocycles. The Hall–Kier alpha value is -1.93. The number of nitrogens with one attached hydrogen (secondary N) is 1. The third kappa shape index (κ3) is 4.12. The lowest BCUT2D eigenvalue weighted by molar-refractivity contribution is -0.113. The summed E-state index contributed by atoms with van der Waals surface area (Å²) in [6.07, 6.45) is 0. The van der Waals surface area contributed by atoms with E-state index in [0.29, 0.717) is 27.4 Å². The molecule has 0 radical (unpaired) electrons. The SMILES string of the molecule is COc1cc(Cl)c(C)cc1NC(=O)CSc1nnc(C(C)C)n1N. The highest BCUT2D eigenvalue weighted by Crippen LogP contribution is 2.31. The van der Waals surface area contributed by atoms with Crippen LogP contribution in [0.5, 0.6) is 5.75 Å². The zero-order chi connectivity index (χ0) is 17.9. The molecule has 130 valence electrons. The van der Waals surface area contributed by atoms with Crippen molar-refractivity contribution < 1.29 is 9.53 Å². The first-order chi connectivity index (χ1) is 11.3. The van der Waals surface area contributed by atoms with E-state index < -0.39 is 0 Å². The monoisotopic (exact) mass is 369 g/mol. The van der Waals surface area contributed by atoms with Crippen LogP contribution in [-0.2, 0) is 4.79 Å². The predicted molar refractivity (Wildman–Crippen MR) is 96.4 cm³/mol. The summed E-state index contributed by atoms with van der Waals surface area (Å²) in [4.78, 5) is 12.2. The van der Waals surface area contributed by atoms with E-state index in [1.807, 2.05) is 20.8 Å². The first-order valence-corrected chi connectivity index (χ1v) is 8.67. The first kappa shape index (κ1) is 18.4. The molecule has 1 aromatic carbocycles. The largest absolute Gasteiger partial charge is 0.495 e. The van der Waals surface area contributed by atoms with E-state index in [-0.39, 0.29) is 17.6 Å². The average Bonchev–Trinajstić information content (AvgIpc) is 2.89. The molecule has 0 aliphatic carbocycles. The summed E-state index contributed by atoms with van der Waals surface area (Å²) in [6.45, 7) is 5.81. The van der Waals surface area contributed by atoms with E-state index in [4.69, 9.17) is 22.2 Å². The normalized spacial score (nSPS) is 10.9. The summed E-state index contributed by atoms with van der Waals surface area (Å²) < 4.78 is 6.65. The third-order valence-corrected chi connectivity index (χ3v) is 4.64. The number of nitrogens with zero attached hydrogens (tertiary/aromatic N) is 3. The Kier molecular flexibility index (Phi) is 5.95. The highest BCUT2D eigenvalue weighted by Gasteiger charge is 2.15.